The van der Waals surface area contributed by atoms with Gasteiger partial charge in [-0.2, -0.15) is 0 Å². The van der Waals surface area contributed by atoms with Crippen molar-refractivity contribution in [3.63, 3.8) is 0 Å². The summed E-state index contributed by atoms with van der Waals surface area (Å²) in [6.07, 6.45) is -0.353. The van der Waals surface area contributed by atoms with E-state index in [1.165, 1.54) is 13.2 Å². The minimum absolute atomic E-state index is 0.0492. The smallest absolute Gasteiger partial charge is 0.305 e. The van der Waals surface area contributed by atoms with Crippen LogP contribution in [0.2, 0.25) is 0 Å². The number of carboxylic acids is 1. The van der Waals surface area contributed by atoms with Gasteiger partial charge in [-0.1, -0.05) is 11.6 Å². The molecular weight excluding hydrogens is 256 g/mol. The molecule has 1 unspecified atom stereocenters. The predicted molar refractivity (Wildman–Crippen MR) is 66.5 cm³/mol. The zero-order valence-electron chi connectivity index (χ0n) is 11.0. The normalized spacial score (nSPS) is 13.2. The van der Waals surface area contributed by atoms with E-state index in [1.807, 2.05) is 0 Å². The van der Waals surface area contributed by atoms with Crippen LogP contribution < -0.4 is 10.5 Å². The number of aliphatic carboxylic acids is 1. The topological polar surface area (TPSA) is 72.5 Å². The Hall–Kier alpha value is -1.69. The van der Waals surface area contributed by atoms with E-state index in [0.29, 0.717) is 5.56 Å². The summed E-state index contributed by atoms with van der Waals surface area (Å²) in [6.45, 7) is 2.41. The fourth-order valence-corrected chi connectivity index (χ4v) is 1.93. The predicted octanol–water partition coefficient (Wildman–Crippen LogP) is 2.59. The number of nitrogens with two attached hydrogens (primary N) is 1. The van der Waals surface area contributed by atoms with E-state index in [4.69, 9.17) is 15.6 Å². The summed E-state index contributed by atoms with van der Waals surface area (Å²) in [6, 6.07) is 1.99. The zero-order valence-corrected chi connectivity index (χ0v) is 11.0. The van der Waals surface area contributed by atoms with E-state index in [2.05, 4.69) is 0 Å². The molecule has 0 aliphatic carbocycles. The lowest BCUT2D eigenvalue weighted by Gasteiger charge is -2.21. The minimum Gasteiger partial charge on any atom is -0.496 e. The lowest BCUT2D eigenvalue weighted by atomic mass is 9.95. The van der Waals surface area contributed by atoms with Gasteiger partial charge in [-0.15, -0.1) is 0 Å². The van der Waals surface area contributed by atoms with Gasteiger partial charge in [0.05, 0.1) is 19.1 Å². The van der Waals surface area contributed by atoms with Gasteiger partial charge in [0.1, 0.15) is 5.75 Å². The molecule has 0 fully saturated rings. The first kappa shape index (κ1) is 15.4. The molecule has 0 spiro atoms. The van der Waals surface area contributed by atoms with Gasteiger partial charge in [0.25, 0.3) is 5.92 Å². The summed E-state index contributed by atoms with van der Waals surface area (Å²) in [5, 5.41) is 8.74. The van der Waals surface area contributed by atoms with Crippen LogP contribution in [0.4, 0.5) is 8.78 Å². The first-order valence-corrected chi connectivity index (χ1v) is 5.71. The van der Waals surface area contributed by atoms with Crippen molar-refractivity contribution in [3.05, 3.63) is 28.8 Å². The van der Waals surface area contributed by atoms with Gasteiger partial charge >= 0.3 is 5.97 Å². The summed E-state index contributed by atoms with van der Waals surface area (Å²) in [5.41, 5.74) is 6.32. The Morgan fingerprint density at radius 2 is 2.11 bits per heavy atom. The van der Waals surface area contributed by atoms with Crippen LogP contribution in [0.25, 0.3) is 0 Å². The summed E-state index contributed by atoms with van der Waals surface area (Å²) >= 11 is 0. The van der Waals surface area contributed by atoms with Crippen molar-refractivity contribution >= 4 is 5.97 Å². The first-order valence-electron chi connectivity index (χ1n) is 5.71. The molecule has 0 aliphatic heterocycles. The molecule has 19 heavy (non-hydrogen) atoms. The number of hydrogen-bond acceptors (Lipinski definition) is 3. The number of benzene rings is 1. The Morgan fingerprint density at radius 1 is 1.53 bits per heavy atom. The number of halogens is 2. The summed E-state index contributed by atoms with van der Waals surface area (Å²) in [5.74, 6) is -4.23. The van der Waals surface area contributed by atoms with Gasteiger partial charge in [-0.25, -0.2) is 8.78 Å². The molecular formula is C13H17F2NO3. The third-order valence-electron chi connectivity index (χ3n) is 2.73. The van der Waals surface area contributed by atoms with Crippen LogP contribution in [0.5, 0.6) is 5.75 Å². The van der Waals surface area contributed by atoms with Crippen LogP contribution in [0.15, 0.2) is 12.1 Å². The Balaban J connectivity index is 3.39. The van der Waals surface area contributed by atoms with Crippen molar-refractivity contribution < 1.29 is 23.4 Å². The number of methoxy groups -OCH3 is 1. The number of hydrogen-bond donors (Lipinski definition) is 2. The van der Waals surface area contributed by atoms with E-state index < -0.39 is 17.9 Å². The van der Waals surface area contributed by atoms with Gasteiger partial charge in [-0.3, -0.25) is 4.79 Å². The number of carboxylic acid groups (broad SMARTS) is 1. The maximum atomic E-state index is 13.6. The van der Waals surface area contributed by atoms with Gasteiger partial charge in [0.2, 0.25) is 0 Å². The molecule has 0 saturated carbocycles. The van der Waals surface area contributed by atoms with E-state index in [9.17, 15) is 13.6 Å². The Morgan fingerprint density at radius 3 is 2.53 bits per heavy atom. The van der Waals surface area contributed by atoms with E-state index >= 15 is 0 Å². The molecule has 0 amide bonds. The quantitative estimate of drug-likeness (QED) is 0.864. The monoisotopic (exact) mass is 273 g/mol. The molecule has 106 valence electrons. The lowest BCUT2D eigenvalue weighted by Crippen LogP contribution is -2.19. The highest BCUT2D eigenvalue weighted by molar-refractivity contribution is 5.68. The van der Waals surface area contributed by atoms with E-state index in [0.717, 1.165) is 6.92 Å². The summed E-state index contributed by atoms with van der Waals surface area (Å²) in [4.78, 5) is 10.7. The van der Waals surface area contributed by atoms with Gasteiger partial charge in [0.15, 0.2) is 0 Å². The largest absolute Gasteiger partial charge is 0.496 e. The molecule has 0 heterocycles. The fraction of sp³-hybridized carbons (Fsp3) is 0.462. The summed E-state index contributed by atoms with van der Waals surface area (Å²) in [7, 11) is 1.26. The van der Waals surface area contributed by atoms with Crippen molar-refractivity contribution in [3.8, 4) is 5.75 Å². The van der Waals surface area contributed by atoms with Crippen LogP contribution in [0.1, 0.15) is 36.1 Å². The number of ether oxygens (including phenoxy) is 1. The second-order valence-electron chi connectivity index (χ2n) is 4.53. The molecule has 3 N–H and O–H groups in total. The first-order chi connectivity index (χ1) is 8.66. The van der Waals surface area contributed by atoms with Crippen molar-refractivity contribution in [2.75, 3.05) is 7.11 Å². The van der Waals surface area contributed by atoms with Gasteiger partial charge in [-0.05, 0) is 13.0 Å². The van der Waals surface area contributed by atoms with Crippen molar-refractivity contribution in [1.82, 2.24) is 0 Å². The zero-order chi connectivity index (χ0) is 14.8. The molecule has 1 atom stereocenters. The highest BCUT2D eigenvalue weighted by Gasteiger charge is 2.31. The molecule has 6 heteroatoms. The van der Waals surface area contributed by atoms with Crippen molar-refractivity contribution in [2.45, 2.75) is 32.2 Å². The van der Waals surface area contributed by atoms with Crippen LogP contribution >= 0.6 is 0 Å². The minimum atomic E-state index is -3.09. The Kier molecular flexibility index (Phi) is 4.47. The van der Waals surface area contributed by atoms with Crippen LogP contribution in [0.3, 0.4) is 0 Å². The molecule has 1 rings (SSSR count). The Bertz CT molecular complexity index is 484. The average molecular weight is 273 g/mol. The van der Waals surface area contributed by atoms with E-state index in [1.54, 1.807) is 13.0 Å². The Labute approximate surface area is 110 Å². The average Bonchev–Trinajstić information content (AvgIpc) is 2.25. The standard InChI is InChI=1S/C13H17F2NO3/c1-7-4-8(10(16)6-11(17)18)12(19-3)9(5-7)13(2,14)15/h4-5,10H,6,16H2,1-3H3,(H,17,18). The summed E-state index contributed by atoms with van der Waals surface area (Å²) < 4.78 is 32.1. The molecule has 0 aliphatic rings. The number of carbonyl (C=O) groups is 1. The molecule has 4 nitrogen and oxygen atoms in total. The second-order valence-corrected chi connectivity index (χ2v) is 4.53. The highest BCUT2D eigenvalue weighted by Crippen LogP contribution is 2.39. The highest BCUT2D eigenvalue weighted by atomic mass is 19.3. The van der Waals surface area contributed by atoms with Crippen molar-refractivity contribution in [1.29, 1.82) is 0 Å². The molecule has 0 radical (unpaired) electrons. The molecule has 1 aromatic rings. The SMILES string of the molecule is COc1c(C(N)CC(=O)O)cc(C)cc1C(C)(F)F. The molecule has 0 aromatic heterocycles. The molecule has 0 saturated heterocycles. The third kappa shape index (κ3) is 3.64. The van der Waals surface area contributed by atoms with Crippen molar-refractivity contribution in [2.24, 2.45) is 5.73 Å². The maximum Gasteiger partial charge on any atom is 0.305 e. The number of aryl methyl sites for hydroxylation is 1. The maximum absolute atomic E-state index is 13.6. The van der Waals surface area contributed by atoms with Crippen LogP contribution in [-0.2, 0) is 10.7 Å². The van der Waals surface area contributed by atoms with Crippen LogP contribution in [0, 0.1) is 6.92 Å². The third-order valence-corrected chi connectivity index (χ3v) is 2.73. The second kappa shape index (κ2) is 5.52. The molecule has 1 aromatic carbocycles. The van der Waals surface area contributed by atoms with Gasteiger partial charge in [0, 0.05) is 18.5 Å². The lowest BCUT2D eigenvalue weighted by molar-refractivity contribution is -0.137. The molecule has 0 bridgehead atoms. The number of alkyl halides is 2. The van der Waals surface area contributed by atoms with Gasteiger partial charge < -0.3 is 15.6 Å². The fourth-order valence-electron chi connectivity index (χ4n) is 1.93. The number of rotatable bonds is 5. The van der Waals surface area contributed by atoms with Crippen LogP contribution in [-0.4, -0.2) is 18.2 Å². The van der Waals surface area contributed by atoms with E-state index in [-0.39, 0.29) is 23.3 Å².